The summed E-state index contributed by atoms with van der Waals surface area (Å²) in [7, 11) is 0. The van der Waals surface area contributed by atoms with Crippen LogP contribution in [-0.2, 0) is 21.5 Å². The lowest BCUT2D eigenvalue weighted by Crippen LogP contribution is -2.41. The number of Topliss-reactive ketones (excluding diaryl/α,β-unsaturated/α-hetero) is 2. The van der Waals surface area contributed by atoms with Gasteiger partial charge in [-0.15, -0.1) is 0 Å². The van der Waals surface area contributed by atoms with Gasteiger partial charge < -0.3 is 25.3 Å². The zero-order valence-corrected chi connectivity index (χ0v) is 19.6. The van der Waals surface area contributed by atoms with Crippen LogP contribution in [-0.4, -0.2) is 37.5 Å². The van der Waals surface area contributed by atoms with Gasteiger partial charge in [-0.25, -0.2) is 4.98 Å². The lowest BCUT2D eigenvalue weighted by Gasteiger charge is -2.29. The Kier molecular flexibility index (Phi) is 4.84. The highest BCUT2D eigenvalue weighted by Gasteiger charge is 2.56. The van der Waals surface area contributed by atoms with Crippen molar-refractivity contribution in [1.29, 1.82) is 0 Å². The maximum absolute atomic E-state index is 13.8. The molecule has 1 atom stereocenters. The van der Waals surface area contributed by atoms with Gasteiger partial charge in [0, 0.05) is 17.3 Å². The molecule has 1 aromatic heterocycles. The number of benzene rings is 2. The van der Waals surface area contributed by atoms with E-state index in [1.807, 2.05) is 24.3 Å². The summed E-state index contributed by atoms with van der Waals surface area (Å²) >= 11 is 0. The second kappa shape index (κ2) is 7.56. The van der Waals surface area contributed by atoms with Gasteiger partial charge >= 0.3 is 0 Å². The molecule has 0 saturated carbocycles. The molecule has 2 heterocycles. The molecule has 35 heavy (non-hydrogen) atoms. The Morgan fingerprint density at radius 3 is 2.57 bits per heavy atom. The Morgan fingerprint density at radius 1 is 1.17 bits per heavy atom. The zero-order valence-electron chi connectivity index (χ0n) is 19.6. The van der Waals surface area contributed by atoms with E-state index in [0.717, 1.165) is 11.0 Å². The number of nitrogens with zero attached hydrogens (tertiary/aromatic N) is 1. The van der Waals surface area contributed by atoms with Crippen molar-refractivity contribution in [2.75, 3.05) is 0 Å². The molecule has 0 radical (unpaired) electrons. The number of ketones is 3. The van der Waals surface area contributed by atoms with Crippen LogP contribution >= 0.6 is 0 Å². The highest BCUT2D eigenvalue weighted by molar-refractivity contribution is 6.31. The summed E-state index contributed by atoms with van der Waals surface area (Å²) in [5, 5.41) is 24.4. The molecule has 1 aliphatic carbocycles. The minimum atomic E-state index is -1.55. The number of hydrogen-bond acceptors (Lipinski definition) is 8. The summed E-state index contributed by atoms with van der Waals surface area (Å²) in [6.45, 7) is 6.09. The molecule has 178 valence electrons. The number of ether oxygens (including phenoxy) is 1. The molecule has 0 amide bonds. The van der Waals surface area contributed by atoms with E-state index in [1.54, 1.807) is 6.92 Å². The number of allylic oxidation sites excluding steroid dienone is 4. The second-order valence-electron chi connectivity index (χ2n) is 8.94. The number of aromatic hydroxyl groups is 2. The van der Waals surface area contributed by atoms with Crippen LogP contribution in [0.5, 0.6) is 17.2 Å². The molecule has 1 unspecified atom stereocenters. The molecule has 3 aromatic rings. The standard InChI is InChI=1S/C26H23N3O6/c1-11-22(32)20(13(3)30)24-21(23(11)33)26(4)17(35-24)9-16(31)19(25(26)34)12(2)27-10-18-28-14-7-5-6-8-15(14)29-18/h5-9,27,32-33H,10H2,1-4H3,(H,28,29). The van der Waals surface area contributed by atoms with Gasteiger partial charge in [0.05, 0.1) is 28.7 Å². The summed E-state index contributed by atoms with van der Waals surface area (Å²) in [6, 6.07) is 7.55. The van der Waals surface area contributed by atoms with Crippen LogP contribution in [0.3, 0.4) is 0 Å². The molecule has 9 heteroatoms. The molecule has 4 N–H and O–H groups in total. The molecule has 0 saturated heterocycles. The SMILES string of the molecule is CC(=O)c1c(O)c(C)c(O)c2c1OC1=CC(=O)C(=C(C)NCc3nc4ccccc4[nH]3)C(=O)C12C. The van der Waals surface area contributed by atoms with Crippen LogP contribution in [0.25, 0.3) is 11.0 Å². The van der Waals surface area contributed by atoms with Crippen LogP contribution < -0.4 is 10.1 Å². The minimum Gasteiger partial charge on any atom is -0.507 e. The smallest absolute Gasteiger partial charge is 0.194 e. The van der Waals surface area contributed by atoms with E-state index in [9.17, 15) is 24.6 Å². The Balaban J connectivity index is 1.57. The minimum absolute atomic E-state index is 0.000802. The number of carbonyl (C=O) groups is 3. The first-order valence-electron chi connectivity index (χ1n) is 11.0. The largest absolute Gasteiger partial charge is 0.507 e. The summed E-state index contributed by atoms with van der Waals surface area (Å²) in [5.74, 6) is -1.89. The summed E-state index contributed by atoms with van der Waals surface area (Å²) in [6.07, 6.45) is 1.19. The number of hydrogen-bond donors (Lipinski definition) is 4. The number of aromatic amines is 1. The summed E-state index contributed by atoms with van der Waals surface area (Å²) < 4.78 is 5.78. The van der Waals surface area contributed by atoms with Gasteiger partial charge in [-0.3, -0.25) is 14.4 Å². The lowest BCUT2D eigenvalue weighted by atomic mass is 9.70. The van der Waals surface area contributed by atoms with Crippen molar-refractivity contribution >= 4 is 28.4 Å². The average Bonchev–Trinajstić information content (AvgIpc) is 3.35. The third kappa shape index (κ3) is 3.08. The van der Waals surface area contributed by atoms with Crippen LogP contribution in [0, 0.1) is 6.92 Å². The fourth-order valence-corrected chi connectivity index (χ4v) is 4.76. The fraction of sp³-hybridized carbons (Fsp3) is 0.231. The zero-order chi connectivity index (χ0) is 25.2. The number of para-hydroxylation sites is 2. The number of imidazole rings is 1. The number of aromatic nitrogens is 2. The normalized spacial score (nSPS) is 20.3. The Bertz CT molecular complexity index is 1510. The predicted molar refractivity (Wildman–Crippen MR) is 126 cm³/mol. The molecule has 5 rings (SSSR count). The van der Waals surface area contributed by atoms with Crippen molar-refractivity contribution in [3.8, 4) is 17.2 Å². The van der Waals surface area contributed by atoms with Gasteiger partial charge in [-0.2, -0.15) is 0 Å². The van der Waals surface area contributed by atoms with E-state index < -0.39 is 28.5 Å². The molecule has 0 spiro atoms. The third-order valence-corrected chi connectivity index (χ3v) is 6.72. The van der Waals surface area contributed by atoms with Gasteiger partial charge in [-0.1, -0.05) is 12.1 Å². The number of carbonyl (C=O) groups excluding carboxylic acids is 3. The number of phenols is 2. The van der Waals surface area contributed by atoms with Gasteiger partial charge in [0.2, 0.25) is 0 Å². The molecular formula is C26H23N3O6. The second-order valence-corrected chi connectivity index (χ2v) is 8.94. The van der Waals surface area contributed by atoms with Crippen molar-refractivity contribution in [2.24, 2.45) is 0 Å². The van der Waals surface area contributed by atoms with E-state index in [2.05, 4.69) is 15.3 Å². The van der Waals surface area contributed by atoms with E-state index in [4.69, 9.17) is 4.74 Å². The molecule has 2 aliphatic rings. The number of fused-ring (bicyclic) bond motifs is 4. The van der Waals surface area contributed by atoms with E-state index in [1.165, 1.54) is 26.8 Å². The quantitative estimate of drug-likeness (QED) is 0.257. The van der Waals surface area contributed by atoms with Crippen molar-refractivity contribution in [2.45, 2.75) is 39.7 Å². The molecule has 0 bridgehead atoms. The van der Waals surface area contributed by atoms with Crippen molar-refractivity contribution in [3.05, 3.63) is 69.9 Å². The summed E-state index contributed by atoms with van der Waals surface area (Å²) in [4.78, 5) is 46.8. The monoisotopic (exact) mass is 473 g/mol. The first-order chi connectivity index (χ1) is 16.6. The molecule has 9 nitrogen and oxygen atoms in total. The third-order valence-electron chi connectivity index (χ3n) is 6.72. The highest BCUT2D eigenvalue weighted by Crippen LogP contribution is 2.57. The van der Waals surface area contributed by atoms with Gasteiger partial charge in [0.15, 0.2) is 17.3 Å². The molecular weight excluding hydrogens is 450 g/mol. The molecule has 2 aromatic carbocycles. The number of phenolic OH excluding ortho intramolecular Hbond substituents is 2. The van der Waals surface area contributed by atoms with Crippen LogP contribution in [0.15, 0.2) is 47.4 Å². The van der Waals surface area contributed by atoms with Gasteiger partial charge in [0.1, 0.15) is 39.8 Å². The van der Waals surface area contributed by atoms with Crippen LogP contribution in [0.2, 0.25) is 0 Å². The first-order valence-corrected chi connectivity index (χ1v) is 11.0. The average molecular weight is 473 g/mol. The Labute approximate surface area is 200 Å². The lowest BCUT2D eigenvalue weighted by molar-refractivity contribution is -0.123. The predicted octanol–water partition coefficient (Wildman–Crippen LogP) is 3.23. The fourth-order valence-electron chi connectivity index (χ4n) is 4.76. The Hall–Kier alpha value is -4.40. The van der Waals surface area contributed by atoms with E-state index in [-0.39, 0.29) is 46.1 Å². The molecule has 0 fully saturated rings. The topological polar surface area (TPSA) is 142 Å². The maximum atomic E-state index is 13.8. The van der Waals surface area contributed by atoms with Crippen molar-refractivity contribution in [1.82, 2.24) is 15.3 Å². The van der Waals surface area contributed by atoms with E-state index in [0.29, 0.717) is 11.5 Å². The number of rotatable bonds is 4. The van der Waals surface area contributed by atoms with Gasteiger partial charge in [0.25, 0.3) is 0 Å². The summed E-state index contributed by atoms with van der Waals surface area (Å²) in [5.41, 5.74) is 0.347. The number of H-pyrrole nitrogens is 1. The maximum Gasteiger partial charge on any atom is 0.194 e. The van der Waals surface area contributed by atoms with E-state index >= 15 is 0 Å². The van der Waals surface area contributed by atoms with Crippen molar-refractivity contribution < 1.29 is 29.3 Å². The van der Waals surface area contributed by atoms with Gasteiger partial charge in [-0.05, 0) is 39.8 Å². The highest BCUT2D eigenvalue weighted by atomic mass is 16.5. The molecule has 1 aliphatic heterocycles. The Morgan fingerprint density at radius 2 is 1.89 bits per heavy atom. The van der Waals surface area contributed by atoms with Crippen LogP contribution in [0.4, 0.5) is 0 Å². The van der Waals surface area contributed by atoms with Crippen molar-refractivity contribution in [3.63, 3.8) is 0 Å². The van der Waals surface area contributed by atoms with Crippen LogP contribution in [0.1, 0.15) is 48.1 Å². The first kappa shape index (κ1) is 22.4. The number of nitrogens with one attached hydrogen (secondary N) is 2.